The Kier molecular flexibility index (Phi) is 4.39. The molecule has 0 saturated carbocycles. The topological polar surface area (TPSA) is 97.4 Å². The molecule has 0 unspecified atom stereocenters. The third kappa shape index (κ3) is 3.65. The maximum absolute atomic E-state index is 12.2. The Labute approximate surface area is 140 Å². The molecule has 0 fully saturated rings. The Morgan fingerprint density at radius 3 is 2.75 bits per heavy atom. The number of sulfone groups is 1. The molecule has 2 N–H and O–H groups in total. The number of carbonyl (C=O) groups is 1. The van der Waals surface area contributed by atoms with Gasteiger partial charge in [-0.25, -0.2) is 18.2 Å². The van der Waals surface area contributed by atoms with Gasteiger partial charge in [0.05, 0.1) is 24.5 Å². The van der Waals surface area contributed by atoms with Crippen LogP contribution in [0.5, 0.6) is 5.75 Å². The van der Waals surface area contributed by atoms with Crippen LogP contribution >= 0.6 is 0 Å². The number of ether oxygens (including phenoxy) is 1. The summed E-state index contributed by atoms with van der Waals surface area (Å²) >= 11 is 0. The quantitative estimate of drug-likeness (QED) is 0.886. The van der Waals surface area contributed by atoms with Crippen LogP contribution in [0.3, 0.4) is 0 Å². The van der Waals surface area contributed by atoms with E-state index in [1.807, 2.05) is 24.3 Å². The van der Waals surface area contributed by atoms with Crippen LogP contribution in [0.1, 0.15) is 18.0 Å². The second-order valence-electron chi connectivity index (χ2n) is 5.48. The van der Waals surface area contributed by atoms with Gasteiger partial charge in [0, 0.05) is 18.2 Å². The van der Waals surface area contributed by atoms with Gasteiger partial charge in [0.1, 0.15) is 5.75 Å². The molecule has 24 heavy (non-hydrogen) atoms. The molecule has 7 nitrogen and oxygen atoms in total. The molecule has 0 radical (unpaired) electrons. The van der Waals surface area contributed by atoms with Gasteiger partial charge in [-0.05, 0) is 18.2 Å². The first-order valence-corrected chi connectivity index (χ1v) is 9.28. The summed E-state index contributed by atoms with van der Waals surface area (Å²) in [7, 11) is -3.36. The smallest absolute Gasteiger partial charge is 0.319 e. The van der Waals surface area contributed by atoms with Gasteiger partial charge in [-0.15, -0.1) is 0 Å². The lowest BCUT2D eigenvalue weighted by molar-refractivity contribution is 0.232. The number of anilines is 1. The van der Waals surface area contributed by atoms with Gasteiger partial charge in [0.15, 0.2) is 14.9 Å². The maximum atomic E-state index is 12.2. The predicted molar refractivity (Wildman–Crippen MR) is 88.8 cm³/mol. The van der Waals surface area contributed by atoms with Gasteiger partial charge in [-0.3, -0.25) is 0 Å². The Hall–Kier alpha value is -2.61. The molecule has 126 valence electrons. The van der Waals surface area contributed by atoms with E-state index in [1.165, 1.54) is 18.3 Å². The first-order chi connectivity index (χ1) is 11.4. The number of rotatable bonds is 3. The molecule has 0 bridgehead atoms. The second-order valence-corrected chi connectivity index (χ2v) is 7.45. The van der Waals surface area contributed by atoms with Crippen LogP contribution in [0, 0.1) is 0 Å². The van der Waals surface area contributed by atoms with Crippen molar-refractivity contribution >= 4 is 21.6 Å². The lowest BCUT2D eigenvalue weighted by Gasteiger charge is -2.26. The lowest BCUT2D eigenvalue weighted by atomic mass is 10.0. The summed E-state index contributed by atoms with van der Waals surface area (Å²) in [6.07, 6.45) is 3.07. The van der Waals surface area contributed by atoms with Gasteiger partial charge in [0.25, 0.3) is 0 Å². The number of amides is 2. The standard InChI is InChI=1S/C16H17N3O4S/c1-24(21,22)15-7-6-11(10-17-15)18-16(20)19-13-8-9-23-14-5-3-2-4-12(13)14/h2-7,10,13H,8-9H2,1H3,(H2,18,19,20)/t13-/m1/s1. The van der Waals surface area contributed by atoms with Gasteiger partial charge in [0.2, 0.25) is 0 Å². The number of nitrogens with one attached hydrogen (secondary N) is 2. The number of para-hydroxylation sites is 1. The predicted octanol–water partition coefficient (Wildman–Crippen LogP) is 2.13. The van der Waals surface area contributed by atoms with Crippen LogP contribution in [0.15, 0.2) is 47.6 Å². The first-order valence-electron chi connectivity index (χ1n) is 7.39. The van der Waals surface area contributed by atoms with Gasteiger partial charge in [-0.1, -0.05) is 18.2 Å². The molecule has 0 aliphatic carbocycles. The van der Waals surface area contributed by atoms with E-state index in [1.54, 1.807) is 0 Å². The minimum Gasteiger partial charge on any atom is -0.493 e. The third-order valence-electron chi connectivity index (χ3n) is 3.64. The molecule has 1 aliphatic heterocycles. The number of aromatic nitrogens is 1. The van der Waals surface area contributed by atoms with Crippen molar-refractivity contribution in [3.63, 3.8) is 0 Å². The van der Waals surface area contributed by atoms with Crippen LogP contribution in [-0.4, -0.2) is 32.3 Å². The molecular formula is C16H17N3O4S. The Morgan fingerprint density at radius 1 is 1.25 bits per heavy atom. The number of hydrogen-bond acceptors (Lipinski definition) is 5. The van der Waals surface area contributed by atoms with Crippen molar-refractivity contribution < 1.29 is 17.9 Å². The molecule has 2 amide bonds. The van der Waals surface area contributed by atoms with E-state index < -0.39 is 9.84 Å². The summed E-state index contributed by atoms with van der Waals surface area (Å²) < 4.78 is 28.3. The maximum Gasteiger partial charge on any atom is 0.319 e. The number of urea groups is 1. The summed E-state index contributed by atoms with van der Waals surface area (Å²) in [6, 6.07) is 9.90. The van der Waals surface area contributed by atoms with E-state index in [-0.39, 0.29) is 17.1 Å². The SMILES string of the molecule is CS(=O)(=O)c1ccc(NC(=O)N[C@@H]2CCOc3ccccc32)cn1. The highest BCUT2D eigenvalue weighted by atomic mass is 32.2. The molecule has 1 aromatic carbocycles. The minimum absolute atomic E-state index is 0.0354. The van der Waals surface area contributed by atoms with E-state index in [4.69, 9.17) is 4.74 Å². The van der Waals surface area contributed by atoms with Crippen molar-refractivity contribution in [3.05, 3.63) is 48.2 Å². The van der Waals surface area contributed by atoms with E-state index in [0.29, 0.717) is 18.7 Å². The number of nitrogens with zero attached hydrogens (tertiary/aromatic N) is 1. The molecule has 1 aliphatic rings. The highest BCUT2D eigenvalue weighted by Gasteiger charge is 2.22. The summed E-state index contributed by atoms with van der Waals surface area (Å²) in [5.41, 5.74) is 1.35. The Morgan fingerprint density at radius 2 is 2.04 bits per heavy atom. The van der Waals surface area contributed by atoms with E-state index in [2.05, 4.69) is 15.6 Å². The molecule has 0 spiro atoms. The summed E-state index contributed by atoms with van der Waals surface area (Å²) in [5, 5.41) is 5.51. The zero-order chi connectivity index (χ0) is 17.2. The summed E-state index contributed by atoms with van der Waals surface area (Å²) in [6.45, 7) is 0.534. The number of benzene rings is 1. The molecular weight excluding hydrogens is 330 g/mol. The molecule has 0 saturated heterocycles. The largest absolute Gasteiger partial charge is 0.493 e. The number of fused-ring (bicyclic) bond motifs is 1. The highest BCUT2D eigenvalue weighted by molar-refractivity contribution is 7.90. The second kappa shape index (κ2) is 6.48. The van der Waals surface area contributed by atoms with Crippen LogP contribution in [0.25, 0.3) is 0 Å². The van der Waals surface area contributed by atoms with Gasteiger partial charge in [-0.2, -0.15) is 0 Å². The summed E-state index contributed by atoms with van der Waals surface area (Å²) in [4.78, 5) is 16.0. The van der Waals surface area contributed by atoms with Gasteiger partial charge < -0.3 is 15.4 Å². The molecule has 1 aromatic heterocycles. The monoisotopic (exact) mass is 347 g/mol. The molecule has 8 heteroatoms. The average Bonchev–Trinajstić information content (AvgIpc) is 2.55. The zero-order valence-corrected chi connectivity index (χ0v) is 13.8. The van der Waals surface area contributed by atoms with E-state index in [0.717, 1.165) is 17.6 Å². The lowest BCUT2D eigenvalue weighted by Crippen LogP contribution is -2.35. The third-order valence-corrected chi connectivity index (χ3v) is 4.64. The molecule has 3 rings (SSSR count). The number of carbonyl (C=O) groups excluding carboxylic acids is 1. The fourth-order valence-corrected chi connectivity index (χ4v) is 3.05. The van der Waals surface area contributed by atoms with Crippen molar-refractivity contribution in [1.29, 1.82) is 0 Å². The molecule has 2 heterocycles. The number of pyridine rings is 1. The summed E-state index contributed by atoms with van der Waals surface area (Å²) in [5.74, 6) is 0.772. The van der Waals surface area contributed by atoms with Crippen LogP contribution in [0.2, 0.25) is 0 Å². The van der Waals surface area contributed by atoms with E-state index >= 15 is 0 Å². The fraction of sp³-hybridized carbons (Fsp3) is 0.250. The van der Waals surface area contributed by atoms with E-state index in [9.17, 15) is 13.2 Å². The average molecular weight is 347 g/mol. The number of hydrogen-bond donors (Lipinski definition) is 2. The van der Waals surface area contributed by atoms with Crippen molar-refractivity contribution in [1.82, 2.24) is 10.3 Å². The molecule has 1 atom stereocenters. The van der Waals surface area contributed by atoms with Crippen LogP contribution in [0.4, 0.5) is 10.5 Å². The van der Waals surface area contributed by atoms with Crippen molar-refractivity contribution in [3.8, 4) is 5.75 Å². The van der Waals surface area contributed by atoms with Crippen molar-refractivity contribution in [2.45, 2.75) is 17.5 Å². The molecule has 2 aromatic rings. The Bertz CT molecular complexity index is 850. The van der Waals surface area contributed by atoms with Gasteiger partial charge >= 0.3 is 6.03 Å². The minimum atomic E-state index is -3.36. The van der Waals surface area contributed by atoms with Crippen molar-refractivity contribution in [2.24, 2.45) is 0 Å². The van der Waals surface area contributed by atoms with Crippen LogP contribution in [-0.2, 0) is 9.84 Å². The zero-order valence-electron chi connectivity index (χ0n) is 13.0. The Balaban J connectivity index is 1.66. The first kappa shape index (κ1) is 16.3. The highest BCUT2D eigenvalue weighted by Crippen LogP contribution is 2.31. The normalized spacial score (nSPS) is 16.6. The van der Waals surface area contributed by atoms with Crippen LogP contribution < -0.4 is 15.4 Å². The fourth-order valence-electron chi connectivity index (χ4n) is 2.49. The van der Waals surface area contributed by atoms with Crippen molar-refractivity contribution in [2.75, 3.05) is 18.2 Å².